The van der Waals surface area contributed by atoms with Crippen molar-refractivity contribution in [1.29, 1.82) is 0 Å². The van der Waals surface area contributed by atoms with E-state index in [9.17, 15) is 4.79 Å². The van der Waals surface area contributed by atoms with Gasteiger partial charge in [-0.1, -0.05) is 0 Å². The Kier molecular flexibility index (Phi) is 3.00. The smallest absolute Gasteiger partial charge is 0.291 e. The zero-order valence-corrected chi connectivity index (χ0v) is 10.6. The van der Waals surface area contributed by atoms with Gasteiger partial charge >= 0.3 is 0 Å². The monoisotopic (exact) mass is 269 g/mol. The molecule has 3 aromatic rings. The fourth-order valence-electron chi connectivity index (χ4n) is 1.73. The fraction of sp³-hybridized carbons (Fsp3) is 0.0769. The zero-order valence-electron chi connectivity index (χ0n) is 10.6. The van der Waals surface area contributed by atoms with E-state index in [0.717, 1.165) is 5.69 Å². The van der Waals surface area contributed by atoms with Crippen LogP contribution in [0.2, 0.25) is 0 Å². The Balaban J connectivity index is 1.74. The maximum absolute atomic E-state index is 11.9. The van der Waals surface area contributed by atoms with Gasteiger partial charge < -0.3 is 9.73 Å². The van der Waals surface area contributed by atoms with E-state index in [4.69, 9.17) is 4.42 Å². The van der Waals surface area contributed by atoms with E-state index < -0.39 is 0 Å². The Bertz CT molecular complexity index is 716. The second-order valence-electron chi connectivity index (χ2n) is 4.17. The van der Waals surface area contributed by atoms with Gasteiger partial charge in [0.25, 0.3) is 5.91 Å². The quantitative estimate of drug-likeness (QED) is 0.783. The first-order chi connectivity index (χ1) is 9.72. The largest absolute Gasteiger partial charge is 0.456 e. The fourth-order valence-corrected chi connectivity index (χ4v) is 1.73. The third-order valence-electron chi connectivity index (χ3n) is 2.70. The molecule has 0 atom stereocenters. The van der Waals surface area contributed by atoms with E-state index in [1.807, 2.05) is 0 Å². The van der Waals surface area contributed by atoms with Crippen molar-refractivity contribution in [2.45, 2.75) is 6.92 Å². The van der Waals surface area contributed by atoms with Crippen molar-refractivity contribution in [3.8, 4) is 5.69 Å². The molecule has 0 aliphatic carbocycles. The lowest BCUT2D eigenvalue weighted by atomic mass is 10.2. The second-order valence-corrected chi connectivity index (χ2v) is 4.17. The minimum Gasteiger partial charge on any atom is -0.456 e. The third kappa shape index (κ3) is 2.41. The summed E-state index contributed by atoms with van der Waals surface area (Å²) in [7, 11) is 0. The van der Waals surface area contributed by atoms with Crippen molar-refractivity contribution in [2.75, 3.05) is 5.32 Å². The molecule has 2 heterocycles. The number of hydrogen-bond donors (Lipinski definition) is 1. The van der Waals surface area contributed by atoms with E-state index in [-0.39, 0.29) is 11.7 Å². The highest BCUT2D eigenvalue weighted by Crippen LogP contribution is 2.14. The van der Waals surface area contributed by atoms with Crippen molar-refractivity contribution < 1.29 is 9.21 Å². The highest BCUT2D eigenvalue weighted by Gasteiger charge is 2.10. The molecule has 0 fully saturated rings. The predicted octanol–water partition coefficient (Wildman–Crippen LogP) is 1.82. The van der Waals surface area contributed by atoms with Gasteiger partial charge in [-0.05, 0) is 53.7 Å². The average molecular weight is 269 g/mol. The number of anilines is 1. The first-order valence-corrected chi connectivity index (χ1v) is 5.93. The summed E-state index contributed by atoms with van der Waals surface area (Å²) in [6, 6.07) is 10.5. The summed E-state index contributed by atoms with van der Waals surface area (Å²) in [5.41, 5.74) is 1.47. The third-order valence-corrected chi connectivity index (χ3v) is 2.70. The number of tetrazole rings is 1. The maximum Gasteiger partial charge on any atom is 0.291 e. The SMILES string of the molecule is Cc1ccc(C(=O)Nc2ccc(-n3cnnn3)cc2)o1. The van der Waals surface area contributed by atoms with Crippen LogP contribution in [0.15, 0.2) is 47.1 Å². The molecule has 1 aromatic carbocycles. The van der Waals surface area contributed by atoms with E-state index in [2.05, 4.69) is 20.8 Å². The number of carbonyl (C=O) groups is 1. The molecule has 0 radical (unpaired) electrons. The molecule has 1 amide bonds. The number of aryl methyl sites for hydroxylation is 1. The molecular weight excluding hydrogens is 258 g/mol. The van der Waals surface area contributed by atoms with Gasteiger partial charge in [-0.3, -0.25) is 4.79 Å². The van der Waals surface area contributed by atoms with Crippen LogP contribution in [0.25, 0.3) is 5.69 Å². The molecule has 0 bridgehead atoms. The Morgan fingerprint density at radius 2 is 2.00 bits per heavy atom. The molecule has 0 saturated carbocycles. The molecule has 0 spiro atoms. The van der Waals surface area contributed by atoms with Crippen LogP contribution >= 0.6 is 0 Å². The van der Waals surface area contributed by atoms with Gasteiger partial charge in [-0.2, -0.15) is 0 Å². The Labute approximate surface area is 114 Å². The first kappa shape index (κ1) is 12.1. The molecule has 0 unspecified atom stereocenters. The van der Waals surface area contributed by atoms with Gasteiger partial charge in [-0.25, -0.2) is 4.68 Å². The van der Waals surface area contributed by atoms with Gasteiger partial charge in [0.2, 0.25) is 0 Å². The molecule has 20 heavy (non-hydrogen) atoms. The standard InChI is InChI=1S/C13H11N5O2/c1-9-2-7-12(20-9)13(19)15-10-3-5-11(6-4-10)18-8-14-16-17-18/h2-8H,1H3,(H,15,19). The minimum atomic E-state index is -0.284. The van der Waals surface area contributed by atoms with Gasteiger partial charge in [0.15, 0.2) is 5.76 Å². The summed E-state index contributed by atoms with van der Waals surface area (Å²) >= 11 is 0. The lowest BCUT2D eigenvalue weighted by Crippen LogP contribution is -2.10. The highest BCUT2D eigenvalue weighted by atomic mass is 16.3. The van der Waals surface area contributed by atoms with Crippen LogP contribution < -0.4 is 5.32 Å². The van der Waals surface area contributed by atoms with Crippen LogP contribution in [0.4, 0.5) is 5.69 Å². The van der Waals surface area contributed by atoms with Crippen LogP contribution in [0, 0.1) is 6.92 Å². The van der Waals surface area contributed by atoms with Gasteiger partial charge in [0.1, 0.15) is 12.1 Å². The lowest BCUT2D eigenvalue weighted by molar-refractivity contribution is 0.0995. The summed E-state index contributed by atoms with van der Waals surface area (Å²) in [6.07, 6.45) is 1.50. The minimum absolute atomic E-state index is 0.284. The lowest BCUT2D eigenvalue weighted by Gasteiger charge is -2.04. The van der Waals surface area contributed by atoms with Crippen molar-refractivity contribution in [2.24, 2.45) is 0 Å². The maximum atomic E-state index is 11.9. The van der Waals surface area contributed by atoms with Gasteiger partial charge in [0, 0.05) is 5.69 Å². The molecule has 100 valence electrons. The van der Waals surface area contributed by atoms with Crippen LogP contribution in [0.3, 0.4) is 0 Å². The molecule has 3 rings (SSSR count). The zero-order chi connectivity index (χ0) is 13.9. The molecule has 2 aromatic heterocycles. The van der Waals surface area contributed by atoms with Crippen LogP contribution in [-0.4, -0.2) is 26.1 Å². The number of aromatic nitrogens is 4. The number of nitrogens with one attached hydrogen (secondary N) is 1. The summed E-state index contributed by atoms with van der Waals surface area (Å²) in [4.78, 5) is 11.9. The molecule has 0 aliphatic rings. The first-order valence-electron chi connectivity index (χ1n) is 5.93. The van der Waals surface area contributed by atoms with Crippen LogP contribution in [0.5, 0.6) is 0 Å². The number of rotatable bonds is 3. The average Bonchev–Trinajstić information content (AvgIpc) is 3.10. The van der Waals surface area contributed by atoms with E-state index in [1.54, 1.807) is 43.3 Å². The van der Waals surface area contributed by atoms with Crippen LogP contribution in [-0.2, 0) is 0 Å². The van der Waals surface area contributed by atoms with Crippen molar-refractivity contribution in [1.82, 2.24) is 20.2 Å². The normalized spacial score (nSPS) is 10.4. The molecule has 0 saturated heterocycles. The van der Waals surface area contributed by atoms with Gasteiger partial charge in [0.05, 0.1) is 5.69 Å². The number of carbonyl (C=O) groups excluding carboxylic acids is 1. The van der Waals surface area contributed by atoms with Crippen LogP contribution in [0.1, 0.15) is 16.3 Å². The Morgan fingerprint density at radius 1 is 1.20 bits per heavy atom. The van der Waals surface area contributed by atoms with Crippen molar-refractivity contribution in [3.63, 3.8) is 0 Å². The molecular formula is C13H11N5O2. The number of furan rings is 1. The summed E-state index contributed by atoms with van der Waals surface area (Å²) in [5, 5.41) is 13.7. The number of nitrogens with zero attached hydrogens (tertiary/aromatic N) is 4. The summed E-state index contributed by atoms with van der Waals surface area (Å²) in [5.74, 6) is 0.699. The predicted molar refractivity (Wildman–Crippen MR) is 70.6 cm³/mol. The number of amides is 1. The number of hydrogen-bond acceptors (Lipinski definition) is 5. The Morgan fingerprint density at radius 3 is 2.60 bits per heavy atom. The van der Waals surface area contributed by atoms with Crippen molar-refractivity contribution in [3.05, 3.63) is 54.2 Å². The Hall–Kier alpha value is -2.96. The van der Waals surface area contributed by atoms with Crippen molar-refractivity contribution >= 4 is 11.6 Å². The summed E-state index contributed by atoms with van der Waals surface area (Å²) < 4.78 is 6.79. The second kappa shape index (κ2) is 4.96. The van der Waals surface area contributed by atoms with E-state index in [0.29, 0.717) is 11.4 Å². The molecule has 1 N–H and O–H groups in total. The topological polar surface area (TPSA) is 85.8 Å². The molecule has 7 heteroatoms. The van der Waals surface area contributed by atoms with E-state index >= 15 is 0 Å². The number of benzene rings is 1. The van der Waals surface area contributed by atoms with Gasteiger partial charge in [-0.15, -0.1) is 5.10 Å². The molecule has 7 nitrogen and oxygen atoms in total. The highest BCUT2D eigenvalue weighted by molar-refractivity contribution is 6.02. The molecule has 0 aliphatic heterocycles. The summed E-state index contributed by atoms with van der Waals surface area (Å²) in [6.45, 7) is 1.79. The van der Waals surface area contributed by atoms with E-state index in [1.165, 1.54) is 11.0 Å².